The fourth-order valence-electron chi connectivity index (χ4n) is 5.13. The van der Waals surface area contributed by atoms with Crippen LogP contribution in [0.15, 0.2) is 84.9 Å². The fourth-order valence-corrected chi connectivity index (χ4v) is 5.13. The number of aromatic nitrogens is 2. The zero-order valence-electron chi connectivity index (χ0n) is 21.9. The fraction of sp³-hybridized carbons (Fsp3) is 0.300. The molecule has 1 aromatic heterocycles. The van der Waals surface area contributed by atoms with Crippen LogP contribution in [0.2, 0.25) is 0 Å². The van der Waals surface area contributed by atoms with E-state index in [0.29, 0.717) is 11.4 Å². The molecule has 0 atom stereocenters. The second kappa shape index (κ2) is 13.0. The summed E-state index contributed by atoms with van der Waals surface area (Å²) in [7, 11) is 1.92. The molecule has 208 valence electrons. The molecule has 1 saturated heterocycles. The molecule has 3 aromatic carbocycles. The van der Waals surface area contributed by atoms with Crippen molar-refractivity contribution in [2.24, 2.45) is 7.05 Å². The highest BCUT2D eigenvalue weighted by atomic mass is 35.5. The van der Waals surface area contributed by atoms with E-state index >= 15 is 0 Å². The van der Waals surface area contributed by atoms with Crippen LogP contribution in [0.25, 0.3) is 11.4 Å². The molecule has 4 nitrogen and oxygen atoms in total. The van der Waals surface area contributed by atoms with E-state index < -0.39 is 11.7 Å². The monoisotopic (exact) mass is 576 g/mol. The zero-order chi connectivity index (χ0) is 26.0. The molecular weight excluding hydrogens is 544 g/mol. The summed E-state index contributed by atoms with van der Waals surface area (Å²) in [6.07, 6.45) is -4.34. The van der Waals surface area contributed by atoms with Gasteiger partial charge in [0.25, 0.3) is 0 Å². The Morgan fingerprint density at radius 2 is 1.28 bits per heavy atom. The molecule has 1 aliphatic rings. The van der Waals surface area contributed by atoms with Gasteiger partial charge in [0.05, 0.1) is 17.3 Å². The van der Waals surface area contributed by atoms with Gasteiger partial charge >= 0.3 is 6.18 Å². The van der Waals surface area contributed by atoms with Gasteiger partial charge in [-0.3, -0.25) is 9.80 Å². The van der Waals surface area contributed by atoms with Crippen molar-refractivity contribution in [2.45, 2.75) is 25.7 Å². The first-order valence-corrected chi connectivity index (χ1v) is 12.6. The molecule has 1 aliphatic heterocycles. The maximum Gasteiger partial charge on any atom is 0.416 e. The van der Waals surface area contributed by atoms with Gasteiger partial charge in [-0.2, -0.15) is 13.2 Å². The first kappa shape index (κ1) is 30.7. The van der Waals surface area contributed by atoms with E-state index in [4.69, 9.17) is 4.98 Å². The second-order valence-corrected chi connectivity index (χ2v) is 9.64. The molecule has 0 aliphatic carbocycles. The summed E-state index contributed by atoms with van der Waals surface area (Å²) in [6, 6.07) is 26.7. The SMILES string of the molecule is Cc1c(CN2CCN(C(c3ccccc3)c3ccccc3)CC2)nc(-c2ccc(C(F)(F)F)cc2)n1C.Cl.Cl. The number of benzene rings is 3. The third kappa shape index (κ3) is 6.84. The average Bonchev–Trinajstić information content (AvgIpc) is 3.19. The Kier molecular flexibility index (Phi) is 10.2. The molecule has 0 amide bonds. The lowest BCUT2D eigenvalue weighted by molar-refractivity contribution is -0.137. The molecule has 5 rings (SSSR count). The Bertz CT molecular complexity index is 1280. The Labute approximate surface area is 240 Å². The number of nitrogens with zero attached hydrogens (tertiary/aromatic N) is 4. The van der Waals surface area contributed by atoms with Crippen molar-refractivity contribution in [1.82, 2.24) is 19.4 Å². The highest BCUT2D eigenvalue weighted by Gasteiger charge is 2.30. The Morgan fingerprint density at radius 1 is 0.769 bits per heavy atom. The maximum atomic E-state index is 13.0. The van der Waals surface area contributed by atoms with Gasteiger partial charge in [-0.15, -0.1) is 24.8 Å². The molecule has 0 spiro atoms. The number of halogens is 5. The Hall–Kier alpha value is -2.84. The van der Waals surface area contributed by atoms with Crippen molar-refractivity contribution in [3.05, 3.63) is 113 Å². The van der Waals surface area contributed by atoms with Gasteiger partial charge in [0, 0.05) is 51.0 Å². The van der Waals surface area contributed by atoms with E-state index in [0.717, 1.165) is 56.2 Å². The van der Waals surface area contributed by atoms with Crippen LogP contribution >= 0.6 is 24.8 Å². The lowest BCUT2D eigenvalue weighted by Gasteiger charge is -2.39. The van der Waals surface area contributed by atoms with Crippen molar-refractivity contribution in [1.29, 1.82) is 0 Å². The van der Waals surface area contributed by atoms with Crippen molar-refractivity contribution >= 4 is 24.8 Å². The standard InChI is InChI=1S/C30H31F3N4.2ClH/c1-22-27(34-29(35(22)2)25-13-15-26(16-14-25)30(31,32)33)21-36-17-19-37(20-18-36)28(23-9-5-3-6-10-23)24-11-7-4-8-12-24;;/h3-16,28H,17-21H2,1-2H3;2*1H. The topological polar surface area (TPSA) is 24.3 Å². The highest BCUT2D eigenvalue weighted by molar-refractivity contribution is 5.85. The minimum Gasteiger partial charge on any atom is -0.331 e. The lowest BCUT2D eigenvalue weighted by atomic mass is 9.96. The van der Waals surface area contributed by atoms with Gasteiger partial charge in [-0.25, -0.2) is 4.98 Å². The number of hydrogen-bond acceptors (Lipinski definition) is 3. The predicted octanol–water partition coefficient (Wildman–Crippen LogP) is 7.17. The largest absolute Gasteiger partial charge is 0.416 e. The predicted molar refractivity (Wildman–Crippen MR) is 154 cm³/mol. The van der Waals surface area contributed by atoms with E-state index in [1.54, 1.807) is 0 Å². The number of imidazole rings is 1. The van der Waals surface area contributed by atoms with Gasteiger partial charge in [0.15, 0.2) is 0 Å². The molecule has 4 aromatic rings. The highest BCUT2D eigenvalue weighted by Crippen LogP contribution is 2.32. The first-order chi connectivity index (χ1) is 17.8. The number of hydrogen-bond donors (Lipinski definition) is 0. The van der Waals surface area contributed by atoms with Gasteiger partial charge in [0.2, 0.25) is 0 Å². The number of piperazine rings is 1. The summed E-state index contributed by atoms with van der Waals surface area (Å²) < 4.78 is 40.9. The molecule has 39 heavy (non-hydrogen) atoms. The summed E-state index contributed by atoms with van der Waals surface area (Å²) in [6.45, 7) is 6.45. The zero-order valence-corrected chi connectivity index (χ0v) is 23.6. The summed E-state index contributed by atoms with van der Waals surface area (Å²) in [5.41, 5.74) is 4.62. The van der Waals surface area contributed by atoms with Crippen molar-refractivity contribution < 1.29 is 13.2 Å². The van der Waals surface area contributed by atoms with E-state index in [2.05, 4.69) is 70.5 Å². The smallest absolute Gasteiger partial charge is 0.331 e. The Balaban J connectivity index is 0.00000210. The molecule has 1 fully saturated rings. The van der Waals surface area contributed by atoms with E-state index in [9.17, 15) is 13.2 Å². The average molecular weight is 578 g/mol. The van der Waals surface area contributed by atoms with E-state index in [1.807, 2.05) is 18.5 Å². The molecule has 0 bridgehead atoms. The van der Waals surface area contributed by atoms with Crippen molar-refractivity contribution in [3.8, 4) is 11.4 Å². The number of rotatable bonds is 6. The van der Waals surface area contributed by atoms with Crippen LogP contribution in [0, 0.1) is 6.92 Å². The summed E-state index contributed by atoms with van der Waals surface area (Å²) >= 11 is 0. The van der Waals surface area contributed by atoms with Crippen LogP contribution in [0.1, 0.15) is 34.1 Å². The van der Waals surface area contributed by atoms with Gasteiger partial charge in [-0.05, 0) is 30.2 Å². The molecule has 0 radical (unpaired) electrons. The van der Waals surface area contributed by atoms with Crippen LogP contribution in [0.5, 0.6) is 0 Å². The van der Waals surface area contributed by atoms with Crippen molar-refractivity contribution in [3.63, 3.8) is 0 Å². The van der Waals surface area contributed by atoms with Gasteiger partial charge in [0.1, 0.15) is 5.82 Å². The molecule has 0 saturated carbocycles. The maximum absolute atomic E-state index is 13.0. The summed E-state index contributed by atoms with van der Waals surface area (Å²) in [5, 5.41) is 0. The van der Waals surface area contributed by atoms with Gasteiger partial charge in [-0.1, -0.05) is 72.8 Å². The summed E-state index contributed by atoms with van der Waals surface area (Å²) in [4.78, 5) is 9.80. The third-order valence-corrected chi connectivity index (χ3v) is 7.33. The molecule has 9 heteroatoms. The summed E-state index contributed by atoms with van der Waals surface area (Å²) in [5.74, 6) is 0.688. The second-order valence-electron chi connectivity index (χ2n) is 9.64. The molecule has 0 N–H and O–H groups in total. The lowest BCUT2D eigenvalue weighted by Crippen LogP contribution is -2.47. The quantitative estimate of drug-likeness (QED) is 0.243. The van der Waals surface area contributed by atoms with Crippen LogP contribution in [0.4, 0.5) is 13.2 Å². The minimum absolute atomic E-state index is 0. The molecular formula is C30H33Cl2F3N4. The van der Waals surface area contributed by atoms with Gasteiger partial charge < -0.3 is 4.57 Å². The molecule has 0 unspecified atom stereocenters. The van der Waals surface area contributed by atoms with Crippen LogP contribution in [-0.4, -0.2) is 45.5 Å². The number of alkyl halides is 3. The minimum atomic E-state index is -4.34. The van der Waals surface area contributed by atoms with E-state index in [-0.39, 0.29) is 30.9 Å². The molecule has 2 heterocycles. The first-order valence-electron chi connectivity index (χ1n) is 12.6. The van der Waals surface area contributed by atoms with Crippen LogP contribution < -0.4 is 0 Å². The van der Waals surface area contributed by atoms with Crippen molar-refractivity contribution in [2.75, 3.05) is 26.2 Å². The van der Waals surface area contributed by atoms with Crippen LogP contribution in [0.3, 0.4) is 0 Å². The normalized spacial score (nSPS) is 14.6. The Morgan fingerprint density at radius 3 is 1.77 bits per heavy atom. The van der Waals surface area contributed by atoms with Crippen LogP contribution in [-0.2, 0) is 19.8 Å². The third-order valence-electron chi connectivity index (χ3n) is 7.33. The van der Waals surface area contributed by atoms with E-state index in [1.165, 1.54) is 23.3 Å².